The van der Waals surface area contributed by atoms with Crippen LogP contribution in [0, 0.1) is 0 Å². The second-order valence-corrected chi connectivity index (χ2v) is 2.89. The van der Waals surface area contributed by atoms with Crippen LogP contribution in [-0.2, 0) is 14.3 Å². The number of ketones is 1. The first-order valence-electron chi connectivity index (χ1n) is 4.07. The van der Waals surface area contributed by atoms with Crippen molar-refractivity contribution in [1.82, 2.24) is 0 Å². The maximum atomic E-state index is 10.6. The average Bonchev–Trinajstić information content (AvgIpc) is 2.35. The number of esters is 1. The van der Waals surface area contributed by atoms with Crippen molar-refractivity contribution >= 4 is 11.8 Å². The topological polar surface area (TPSA) is 43.4 Å². The minimum absolute atomic E-state index is 0.163. The van der Waals surface area contributed by atoms with E-state index in [1.165, 1.54) is 0 Å². The van der Waals surface area contributed by atoms with Gasteiger partial charge >= 0.3 is 5.97 Å². The van der Waals surface area contributed by atoms with E-state index in [1.54, 1.807) is 6.92 Å². The third-order valence-corrected chi connectivity index (χ3v) is 1.69. The van der Waals surface area contributed by atoms with Crippen LogP contribution in [0.5, 0.6) is 0 Å². The number of cyclic esters (lactones) is 1. The highest BCUT2D eigenvalue weighted by Crippen LogP contribution is 2.18. The fraction of sp³-hybridized carbons (Fsp3) is 0.556. The Balaban J connectivity index is 2.28. The molecule has 0 amide bonds. The molecule has 1 aliphatic rings. The Morgan fingerprint density at radius 1 is 1.58 bits per heavy atom. The Labute approximate surface area is 71.4 Å². The highest BCUT2D eigenvalue weighted by atomic mass is 16.5. The van der Waals surface area contributed by atoms with Gasteiger partial charge in [0.05, 0.1) is 6.42 Å². The monoisotopic (exact) mass is 168 g/mol. The quantitative estimate of drug-likeness (QED) is 0.601. The molecule has 0 bridgehead atoms. The number of ether oxygens (including phenoxy) is 1. The summed E-state index contributed by atoms with van der Waals surface area (Å²) in [6.07, 6.45) is 4.20. The second-order valence-electron chi connectivity index (χ2n) is 2.89. The lowest BCUT2D eigenvalue weighted by atomic mass is 10.2. The lowest BCUT2D eigenvalue weighted by molar-refractivity contribution is -0.135. The van der Waals surface area contributed by atoms with Crippen molar-refractivity contribution in [2.24, 2.45) is 0 Å². The molecule has 0 aromatic rings. The van der Waals surface area contributed by atoms with E-state index in [-0.39, 0.29) is 11.8 Å². The molecule has 0 aromatic heterocycles. The minimum Gasteiger partial charge on any atom is -0.431 e. The van der Waals surface area contributed by atoms with Crippen LogP contribution in [0.1, 0.15) is 32.6 Å². The summed E-state index contributed by atoms with van der Waals surface area (Å²) in [5, 5.41) is 0. The van der Waals surface area contributed by atoms with E-state index in [4.69, 9.17) is 4.74 Å². The normalized spacial score (nSPS) is 19.8. The standard InChI is InChI=1S/C9H12O3/c1-7(10)3-2-4-8-5-6-9(11)12-8/h4H,2-3,5-6H2,1H3/b8-4+. The van der Waals surface area contributed by atoms with Crippen LogP contribution in [0.25, 0.3) is 0 Å². The van der Waals surface area contributed by atoms with Gasteiger partial charge in [0.1, 0.15) is 11.5 Å². The molecule has 3 heteroatoms. The Morgan fingerprint density at radius 2 is 2.33 bits per heavy atom. The molecular formula is C9H12O3. The number of carbonyl (C=O) groups excluding carboxylic acids is 2. The van der Waals surface area contributed by atoms with Crippen molar-refractivity contribution in [1.29, 1.82) is 0 Å². The molecule has 1 saturated heterocycles. The predicted octanol–water partition coefficient (Wildman–Crippen LogP) is 1.58. The zero-order valence-electron chi connectivity index (χ0n) is 7.13. The SMILES string of the molecule is CC(=O)CC/C=C1\CCC(=O)O1. The summed E-state index contributed by atoms with van der Waals surface area (Å²) in [4.78, 5) is 21.2. The maximum absolute atomic E-state index is 10.6. The summed E-state index contributed by atoms with van der Waals surface area (Å²) in [7, 11) is 0. The molecule has 0 aliphatic carbocycles. The molecule has 0 saturated carbocycles. The Hall–Kier alpha value is -1.12. The van der Waals surface area contributed by atoms with Gasteiger partial charge in [-0.1, -0.05) is 0 Å². The number of hydrogen-bond donors (Lipinski definition) is 0. The lowest BCUT2D eigenvalue weighted by Gasteiger charge is -1.94. The van der Waals surface area contributed by atoms with E-state index in [1.807, 2.05) is 6.08 Å². The van der Waals surface area contributed by atoms with Gasteiger partial charge in [-0.3, -0.25) is 4.79 Å². The minimum atomic E-state index is -0.163. The van der Waals surface area contributed by atoms with Crippen molar-refractivity contribution in [2.45, 2.75) is 32.6 Å². The fourth-order valence-corrected chi connectivity index (χ4v) is 1.05. The van der Waals surface area contributed by atoms with Gasteiger partial charge < -0.3 is 9.53 Å². The summed E-state index contributed by atoms with van der Waals surface area (Å²) >= 11 is 0. The van der Waals surface area contributed by atoms with Crippen LogP contribution >= 0.6 is 0 Å². The van der Waals surface area contributed by atoms with Gasteiger partial charge in [0.2, 0.25) is 0 Å². The van der Waals surface area contributed by atoms with Crippen LogP contribution in [0.3, 0.4) is 0 Å². The van der Waals surface area contributed by atoms with E-state index in [9.17, 15) is 9.59 Å². The molecule has 66 valence electrons. The van der Waals surface area contributed by atoms with Gasteiger partial charge in [-0.15, -0.1) is 0 Å². The number of carbonyl (C=O) groups is 2. The first kappa shape index (κ1) is 8.97. The zero-order chi connectivity index (χ0) is 8.97. The Morgan fingerprint density at radius 3 is 2.83 bits per heavy atom. The number of Topliss-reactive ketones (excluding diaryl/α,β-unsaturated/α-hetero) is 1. The molecule has 0 aromatic carbocycles. The highest BCUT2D eigenvalue weighted by molar-refractivity contribution is 5.75. The third kappa shape index (κ3) is 2.86. The summed E-state index contributed by atoms with van der Waals surface area (Å²) in [6, 6.07) is 0. The average molecular weight is 168 g/mol. The molecule has 12 heavy (non-hydrogen) atoms. The van der Waals surface area contributed by atoms with Gasteiger partial charge in [0.15, 0.2) is 0 Å². The van der Waals surface area contributed by atoms with E-state index in [0.717, 1.165) is 5.76 Å². The molecule has 0 spiro atoms. The molecule has 3 nitrogen and oxygen atoms in total. The molecule has 1 fully saturated rings. The summed E-state index contributed by atoms with van der Waals surface area (Å²) in [5.41, 5.74) is 0. The fourth-order valence-electron chi connectivity index (χ4n) is 1.05. The van der Waals surface area contributed by atoms with Gasteiger partial charge in [-0.2, -0.15) is 0 Å². The van der Waals surface area contributed by atoms with E-state index in [0.29, 0.717) is 25.7 Å². The molecule has 0 unspecified atom stereocenters. The van der Waals surface area contributed by atoms with Crippen LogP contribution in [0.2, 0.25) is 0 Å². The first-order chi connectivity index (χ1) is 5.68. The summed E-state index contributed by atoms with van der Waals surface area (Å²) in [6.45, 7) is 1.55. The largest absolute Gasteiger partial charge is 0.431 e. The molecule has 0 radical (unpaired) electrons. The number of allylic oxidation sites excluding steroid dienone is 2. The number of rotatable bonds is 3. The molecule has 1 aliphatic heterocycles. The van der Waals surface area contributed by atoms with E-state index < -0.39 is 0 Å². The molecule has 0 N–H and O–H groups in total. The van der Waals surface area contributed by atoms with Crippen molar-refractivity contribution in [3.63, 3.8) is 0 Å². The van der Waals surface area contributed by atoms with Crippen LogP contribution in [0.4, 0.5) is 0 Å². The van der Waals surface area contributed by atoms with Gasteiger partial charge in [-0.05, 0) is 19.4 Å². The smallest absolute Gasteiger partial charge is 0.311 e. The van der Waals surface area contributed by atoms with E-state index in [2.05, 4.69) is 0 Å². The van der Waals surface area contributed by atoms with Crippen molar-refractivity contribution < 1.29 is 14.3 Å². The van der Waals surface area contributed by atoms with Gasteiger partial charge in [0, 0.05) is 12.8 Å². The van der Waals surface area contributed by atoms with Crippen LogP contribution in [0.15, 0.2) is 11.8 Å². The van der Waals surface area contributed by atoms with Crippen molar-refractivity contribution in [3.05, 3.63) is 11.8 Å². The first-order valence-corrected chi connectivity index (χ1v) is 4.07. The second kappa shape index (κ2) is 4.04. The van der Waals surface area contributed by atoms with Gasteiger partial charge in [0.25, 0.3) is 0 Å². The van der Waals surface area contributed by atoms with Gasteiger partial charge in [-0.25, -0.2) is 0 Å². The third-order valence-electron chi connectivity index (χ3n) is 1.69. The molecular weight excluding hydrogens is 156 g/mol. The van der Waals surface area contributed by atoms with Crippen LogP contribution in [-0.4, -0.2) is 11.8 Å². The molecule has 0 atom stereocenters. The summed E-state index contributed by atoms with van der Waals surface area (Å²) in [5.74, 6) is 0.724. The molecule has 1 heterocycles. The predicted molar refractivity (Wildman–Crippen MR) is 43.3 cm³/mol. The van der Waals surface area contributed by atoms with Crippen molar-refractivity contribution in [2.75, 3.05) is 0 Å². The number of hydrogen-bond acceptors (Lipinski definition) is 3. The maximum Gasteiger partial charge on any atom is 0.311 e. The Kier molecular flexibility index (Phi) is 3.02. The summed E-state index contributed by atoms with van der Waals surface area (Å²) < 4.78 is 4.85. The highest BCUT2D eigenvalue weighted by Gasteiger charge is 2.15. The van der Waals surface area contributed by atoms with Crippen LogP contribution < -0.4 is 0 Å². The molecule has 1 rings (SSSR count). The van der Waals surface area contributed by atoms with E-state index >= 15 is 0 Å². The van der Waals surface area contributed by atoms with Crippen molar-refractivity contribution in [3.8, 4) is 0 Å². The lowest BCUT2D eigenvalue weighted by Crippen LogP contribution is -1.90. The Bertz CT molecular complexity index is 228. The zero-order valence-corrected chi connectivity index (χ0v) is 7.13.